The van der Waals surface area contributed by atoms with E-state index in [0.29, 0.717) is 0 Å². The zero-order valence-electron chi connectivity index (χ0n) is 11.4. The molecule has 1 rings (SSSR count). The normalized spacial score (nSPS) is 28.6. The van der Waals surface area contributed by atoms with Gasteiger partial charge < -0.3 is 5.11 Å². The van der Waals surface area contributed by atoms with Gasteiger partial charge in [0.2, 0.25) is 0 Å². The van der Waals surface area contributed by atoms with E-state index in [1.807, 2.05) is 0 Å². The van der Waals surface area contributed by atoms with Gasteiger partial charge in [0.1, 0.15) is 0 Å². The van der Waals surface area contributed by atoms with Crippen molar-refractivity contribution in [3.8, 4) is 0 Å². The molecular weight excluding hydrogens is 208 g/mol. The van der Waals surface area contributed by atoms with Gasteiger partial charge in [0.25, 0.3) is 0 Å². The van der Waals surface area contributed by atoms with Gasteiger partial charge in [-0.3, -0.25) is 0 Å². The van der Waals surface area contributed by atoms with Crippen LogP contribution in [0.25, 0.3) is 0 Å². The molecule has 0 saturated heterocycles. The molecule has 1 N–H and O–H groups in total. The zero-order valence-corrected chi connectivity index (χ0v) is 11.4. The number of hydrogen-bond donors (Lipinski definition) is 1. The fourth-order valence-corrected chi connectivity index (χ4v) is 2.55. The standard InChI is InChI=1S/C16H30O/c17-16-14-12-10-8-6-4-2-1-3-5-7-9-11-13-15-16/h6,8,16-17H,1-5,7,9-15H2/b8-6+/t16-/m1/s1. The van der Waals surface area contributed by atoms with Crippen LogP contribution in [0.5, 0.6) is 0 Å². The maximum atomic E-state index is 9.80. The summed E-state index contributed by atoms with van der Waals surface area (Å²) >= 11 is 0. The summed E-state index contributed by atoms with van der Waals surface area (Å²) in [5.74, 6) is 0. The van der Waals surface area contributed by atoms with Gasteiger partial charge in [-0.15, -0.1) is 0 Å². The molecule has 0 aromatic carbocycles. The lowest BCUT2D eigenvalue weighted by Crippen LogP contribution is -2.05. The van der Waals surface area contributed by atoms with E-state index in [1.165, 1.54) is 57.8 Å². The highest BCUT2D eigenvalue weighted by Gasteiger charge is 2.03. The zero-order chi connectivity index (χ0) is 12.2. The lowest BCUT2D eigenvalue weighted by Gasteiger charge is -2.09. The van der Waals surface area contributed by atoms with Gasteiger partial charge in [-0.25, -0.2) is 0 Å². The molecule has 100 valence electrons. The second kappa shape index (κ2) is 10.8. The van der Waals surface area contributed by atoms with Gasteiger partial charge in [-0.1, -0.05) is 57.1 Å². The van der Waals surface area contributed by atoms with Crippen LogP contribution >= 0.6 is 0 Å². The molecule has 1 aliphatic carbocycles. The summed E-state index contributed by atoms with van der Waals surface area (Å²) in [6, 6.07) is 0. The first-order valence-corrected chi connectivity index (χ1v) is 7.72. The van der Waals surface area contributed by atoms with Crippen LogP contribution in [0, 0.1) is 0 Å². The molecule has 0 heterocycles. The van der Waals surface area contributed by atoms with E-state index < -0.39 is 0 Å². The van der Waals surface area contributed by atoms with Crippen molar-refractivity contribution in [1.29, 1.82) is 0 Å². The average Bonchev–Trinajstić information content (AvgIpc) is 2.32. The monoisotopic (exact) mass is 238 g/mol. The molecule has 1 atom stereocenters. The summed E-state index contributed by atoms with van der Waals surface area (Å²) in [4.78, 5) is 0. The van der Waals surface area contributed by atoms with Crippen LogP contribution in [0.15, 0.2) is 12.2 Å². The molecule has 1 aliphatic rings. The Morgan fingerprint density at radius 1 is 0.588 bits per heavy atom. The van der Waals surface area contributed by atoms with Crippen molar-refractivity contribution in [2.45, 2.75) is 89.6 Å². The first kappa shape index (κ1) is 14.8. The molecule has 0 aromatic heterocycles. The summed E-state index contributed by atoms with van der Waals surface area (Å²) in [7, 11) is 0. The van der Waals surface area contributed by atoms with Crippen LogP contribution in [-0.4, -0.2) is 11.2 Å². The van der Waals surface area contributed by atoms with Crippen molar-refractivity contribution in [3.05, 3.63) is 12.2 Å². The van der Waals surface area contributed by atoms with Gasteiger partial charge >= 0.3 is 0 Å². The van der Waals surface area contributed by atoms with Crippen LogP contribution < -0.4 is 0 Å². The summed E-state index contributed by atoms with van der Waals surface area (Å²) in [5, 5.41) is 9.80. The van der Waals surface area contributed by atoms with Crippen molar-refractivity contribution in [2.75, 3.05) is 0 Å². The predicted octanol–water partition coefficient (Wildman–Crippen LogP) is 4.99. The SMILES string of the molecule is O[C@@H]1CCC/C=C/CCCCCCCCCC1. The molecule has 0 amide bonds. The maximum Gasteiger partial charge on any atom is 0.0540 e. The van der Waals surface area contributed by atoms with E-state index >= 15 is 0 Å². The van der Waals surface area contributed by atoms with Crippen molar-refractivity contribution in [3.63, 3.8) is 0 Å². The van der Waals surface area contributed by atoms with E-state index in [1.54, 1.807) is 0 Å². The summed E-state index contributed by atoms with van der Waals surface area (Å²) in [5.41, 5.74) is 0. The highest BCUT2D eigenvalue weighted by Crippen LogP contribution is 2.14. The maximum absolute atomic E-state index is 9.80. The average molecular weight is 238 g/mol. The molecule has 0 aliphatic heterocycles. The van der Waals surface area contributed by atoms with E-state index in [4.69, 9.17) is 0 Å². The van der Waals surface area contributed by atoms with Crippen molar-refractivity contribution in [1.82, 2.24) is 0 Å². The van der Waals surface area contributed by atoms with E-state index in [0.717, 1.165) is 25.7 Å². The quantitative estimate of drug-likeness (QED) is 0.590. The molecule has 0 fully saturated rings. The van der Waals surface area contributed by atoms with Gasteiger partial charge in [-0.05, 0) is 38.5 Å². The molecule has 0 saturated carbocycles. The Labute approximate surface area is 107 Å². The molecule has 0 spiro atoms. The summed E-state index contributed by atoms with van der Waals surface area (Å²) < 4.78 is 0. The largest absolute Gasteiger partial charge is 0.393 e. The van der Waals surface area contributed by atoms with E-state index in [9.17, 15) is 5.11 Å². The molecule has 0 bridgehead atoms. The Kier molecular flexibility index (Phi) is 9.40. The Bertz CT molecular complexity index is 186. The number of aliphatic hydroxyl groups is 1. The van der Waals surface area contributed by atoms with Crippen molar-refractivity contribution in [2.24, 2.45) is 0 Å². The Morgan fingerprint density at radius 3 is 1.76 bits per heavy atom. The minimum absolute atomic E-state index is 0.0451. The summed E-state index contributed by atoms with van der Waals surface area (Å²) in [6.45, 7) is 0. The lowest BCUT2D eigenvalue weighted by molar-refractivity contribution is 0.148. The van der Waals surface area contributed by atoms with E-state index in [2.05, 4.69) is 12.2 Å². The third kappa shape index (κ3) is 9.41. The van der Waals surface area contributed by atoms with Gasteiger partial charge in [-0.2, -0.15) is 0 Å². The second-order valence-electron chi connectivity index (χ2n) is 5.46. The van der Waals surface area contributed by atoms with Crippen LogP contribution in [0.3, 0.4) is 0 Å². The Hall–Kier alpha value is -0.300. The minimum atomic E-state index is -0.0451. The number of hydrogen-bond acceptors (Lipinski definition) is 1. The topological polar surface area (TPSA) is 20.2 Å². The number of allylic oxidation sites excluding steroid dienone is 2. The van der Waals surface area contributed by atoms with E-state index in [-0.39, 0.29) is 6.10 Å². The first-order valence-electron chi connectivity index (χ1n) is 7.72. The van der Waals surface area contributed by atoms with Crippen LogP contribution in [0.2, 0.25) is 0 Å². The highest BCUT2D eigenvalue weighted by atomic mass is 16.3. The number of rotatable bonds is 0. The van der Waals surface area contributed by atoms with Crippen LogP contribution in [0.1, 0.15) is 83.5 Å². The fraction of sp³-hybridized carbons (Fsp3) is 0.875. The minimum Gasteiger partial charge on any atom is -0.393 e. The lowest BCUT2D eigenvalue weighted by atomic mass is 10.0. The van der Waals surface area contributed by atoms with Gasteiger partial charge in [0.05, 0.1) is 6.10 Å². The third-order valence-corrected chi connectivity index (χ3v) is 3.73. The Balaban J connectivity index is 2.16. The second-order valence-corrected chi connectivity index (χ2v) is 5.46. The molecule has 0 radical (unpaired) electrons. The molecule has 17 heavy (non-hydrogen) atoms. The fourth-order valence-electron chi connectivity index (χ4n) is 2.55. The molecule has 1 heteroatoms. The van der Waals surface area contributed by atoms with Crippen LogP contribution in [0.4, 0.5) is 0 Å². The summed E-state index contributed by atoms with van der Waals surface area (Å²) in [6.07, 6.45) is 21.0. The molecular formula is C16H30O. The predicted molar refractivity (Wildman–Crippen MR) is 75.2 cm³/mol. The molecule has 0 unspecified atom stereocenters. The van der Waals surface area contributed by atoms with Crippen molar-refractivity contribution >= 4 is 0 Å². The first-order chi connectivity index (χ1) is 8.39. The highest BCUT2D eigenvalue weighted by molar-refractivity contribution is 4.81. The molecule has 1 nitrogen and oxygen atoms in total. The van der Waals surface area contributed by atoms with Gasteiger partial charge in [0.15, 0.2) is 0 Å². The van der Waals surface area contributed by atoms with Gasteiger partial charge in [0, 0.05) is 0 Å². The van der Waals surface area contributed by atoms with Crippen LogP contribution in [-0.2, 0) is 0 Å². The third-order valence-electron chi connectivity index (χ3n) is 3.73. The number of aliphatic hydroxyl groups excluding tert-OH is 1. The smallest absolute Gasteiger partial charge is 0.0540 e. The molecule has 0 aromatic rings. The Morgan fingerprint density at radius 2 is 1.06 bits per heavy atom. The van der Waals surface area contributed by atoms with Crippen molar-refractivity contribution < 1.29 is 5.11 Å².